The molecule has 0 bridgehead atoms. The number of nitrogens with zero attached hydrogens (tertiary/aromatic N) is 3. The molecule has 2 aromatic heterocycles. The zero-order valence-corrected chi connectivity index (χ0v) is 18.9. The molecule has 0 radical (unpaired) electrons. The third-order valence-corrected chi connectivity index (χ3v) is 4.09. The highest BCUT2D eigenvalue weighted by Gasteiger charge is 2.08. The Hall–Kier alpha value is -2.36. The molecule has 0 aliphatic heterocycles. The predicted molar refractivity (Wildman–Crippen MR) is 120 cm³/mol. The fourth-order valence-electron chi connectivity index (χ4n) is 2.50. The van der Waals surface area contributed by atoms with E-state index in [0.29, 0.717) is 30.8 Å². The normalized spacial score (nSPS) is 11.2. The van der Waals surface area contributed by atoms with Gasteiger partial charge in [0.2, 0.25) is 11.8 Å². The van der Waals surface area contributed by atoms with Crippen molar-refractivity contribution in [2.45, 2.75) is 40.8 Å². The monoisotopic (exact) mass is 495 g/mol. The summed E-state index contributed by atoms with van der Waals surface area (Å²) >= 11 is 0. The Morgan fingerprint density at radius 2 is 1.79 bits per heavy atom. The number of nitrogens with one attached hydrogen (secondary N) is 2. The number of rotatable bonds is 6. The SMILES string of the molecule is CCNC(=NCc1nc(C)c(C)o1)NCc1ncc(-c2ccc(C)cc2)o1.I. The van der Waals surface area contributed by atoms with Gasteiger partial charge >= 0.3 is 0 Å². The molecule has 0 saturated carbocycles. The Balaban J connectivity index is 0.00000280. The van der Waals surface area contributed by atoms with Crippen molar-refractivity contribution in [3.8, 4) is 11.3 Å². The highest BCUT2D eigenvalue weighted by molar-refractivity contribution is 14.0. The summed E-state index contributed by atoms with van der Waals surface area (Å²) < 4.78 is 11.4. The predicted octanol–water partition coefficient (Wildman–Crippen LogP) is 4.13. The summed E-state index contributed by atoms with van der Waals surface area (Å²) in [5.41, 5.74) is 3.11. The van der Waals surface area contributed by atoms with Crippen LogP contribution in [0.4, 0.5) is 0 Å². The molecule has 3 rings (SSSR count). The lowest BCUT2D eigenvalue weighted by molar-refractivity contribution is 0.472. The molecule has 0 unspecified atom stereocenters. The average Bonchev–Trinajstić information content (AvgIpc) is 3.25. The third kappa shape index (κ3) is 5.82. The molecule has 0 atom stereocenters. The zero-order valence-electron chi connectivity index (χ0n) is 16.6. The van der Waals surface area contributed by atoms with Crippen molar-refractivity contribution in [2.24, 2.45) is 4.99 Å². The zero-order chi connectivity index (χ0) is 19.2. The number of benzene rings is 1. The summed E-state index contributed by atoms with van der Waals surface area (Å²) in [6, 6.07) is 8.16. The van der Waals surface area contributed by atoms with E-state index in [2.05, 4.69) is 44.7 Å². The Kier molecular flexibility index (Phi) is 8.04. The van der Waals surface area contributed by atoms with Crippen LogP contribution in [0, 0.1) is 20.8 Å². The van der Waals surface area contributed by atoms with E-state index in [1.165, 1.54) is 5.56 Å². The van der Waals surface area contributed by atoms with E-state index < -0.39 is 0 Å². The van der Waals surface area contributed by atoms with Crippen molar-refractivity contribution in [1.29, 1.82) is 0 Å². The van der Waals surface area contributed by atoms with Crippen LogP contribution in [0.15, 0.2) is 44.3 Å². The molecule has 8 heteroatoms. The van der Waals surface area contributed by atoms with Gasteiger partial charge in [-0.3, -0.25) is 0 Å². The lowest BCUT2D eigenvalue weighted by atomic mass is 10.1. The fraction of sp³-hybridized carbons (Fsp3) is 0.350. The van der Waals surface area contributed by atoms with Crippen LogP contribution in [0.5, 0.6) is 0 Å². The molecule has 0 fully saturated rings. The maximum atomic E-state index is 5.83. The molecule has 0 aliphatic carbocycles. The Labute approximate surface area is 182 Å². The number of hydrogen-bond acceptors (Lipinski definition) is 5. The topological polar surface area (TPSA) is 88.5 Å². The number of oxazole rings is 2. The first kappa shape index (κ1) is 21.9. The Morgan fingerprint density at radius 3 is 2.43 bits per heavy atom. The third-order valence-electron chi connectivity index (χ3n) is 4.09. The molecule has 2 N–H and O–H groups in total. The van der Waals surface area contributed by atoms with E-state index in [-0.39, 0.29) is 24.0 Å². The summed E-state index contributed by atoms with van der Waals surface area (Å²) in [7, 11) is 0. The maximum absolute atomic E-state index is 5.83. The van der Waals surface area contributed by atoms with Gasteiger partial charge in [0.05, 0.1) is 18.4 Å². The van der Waals surface area contributed by atoms with E-state index in [0.717, 1.165) is 29.3 Å². The van der Waals surface area contributed by atoms with Gasteiger partial charge in [-0.25, -0.2) is 15.0 Å². The Morgan fingerprint density at radius 1 is 1.04 bits per heavy atom. The maximum Gasteiger partial charge on any atom is 0.216 e. The molecule has 0 aliphatic rings. The van der Waals surface area contributed by atoms with Crippen LogP contribution < -0.4 is 10.6 Å². The lowest BCUT2D eigenvalue weighted by Gasteiger charge is -2.09. The van der Waals surface area contributed by atoms with Gasteiger partial charge in [0.1, 0.15) is 12.3 Å². The van der Waals surface area contributed by atoms with Crippen molar-refractivity contribution >= 4 is 29.9 Å². The Bertz CT molecular complexity index is 896. The van der Waals surface area contributed by atoms with Crippen LogP contribution in [-0.2, 0) is 13.1 Å². The summed E-state index contributed by atoms with van der Waals surface area (Å²) in [4.78, 5) is 13.2. The van der Waals surface area contributed by atoms with Crippen LogP contribution in [0.2, 0.25) is 0 Å². The molecular formula is C20H26IN5O2. The first-order valence-corrected chi connectivity index (χ1v) is 9.02. The molecule has 150 valence electrons. The van der Waals surface area contributed by atoms with Crippen molar-refractivity contribution in [3.05, 3.63) is 59.3 Å². The minimum Gasteiger partial charge on any atom is -0.444 e. The van der Waals surface area contributed by atoms with Crippen LogP contribution in [-0.4, -0.2) is 22.5 Å². The van der Waals surface area contributed by atoms with Crippen molar-refractivity contribution in [2.75, 3.05) is 6.54 Å². The second kappa shape index (κ2) is 10.3. The van der Waals surface area contributed by atoms with Crippen LogP contribution in [0.1, 0.15) is 35.7 Å². The van der Waals surface area contributed by atoms with E-state index in [4.69, 9.17) is 8.83 Å². The van der Waals surface area contributed by atoms with Gasteiger partial charge in [0.25, 0.3) is 0 Å². The van der Waals surface area contributed by atoms with E-state index >= 15 is 0 Å². The summed E-state index contributed by atoms with van der Waals surface area (Å²) in [5, 5.41) is 6.40. The highest BCUT2D eigenvalue weighted by atomic mass is 127. The standard InChI is InChI=1S/C20H25N5O2.HI/c1-5-21-20(24-12-19-25-14(3)15(4)26-19)23-11-18-22-10-17(27-18)16-8-6-13(2)7-9-16;/h6-10H,5,11-12H2,1-4H3,(H2,21,23,24);1H. The largest absolute Gasteiger partial charge is 0.444 e. The van der Waals surface area contributed by atoms with Gasteiger partial charge in [-0.1, -0.05) is 29.8 Å². The molecule has 0 saturated heterocycles. The highest BCUT2D eigenvalue weighted by Crippen LogP contribution is 2.20. The fourth-order valence-corrected chi connectivity index (χ4v) is 2.50. The van der Waals surface area contributed by atoms with E-state index in [1.807, 2.05) is 32.9 Å². The quantitative estimate of drug-likeness (QED) is 0.304. The molecule has 0 spiro atoms. The minimum absolute atomic E-state index is 0. The van der Waals surface area contributed by atoms with E-state index in [1.54, 1.807) is 6.20 Å². The number of aryl methyl sites for hydroxylation is 3. The van der Waals surface area contributed by atoms with Crippen molar-refractivity contribution in [3.63, 3.8) is 0 Å². The molecule has 0 amide bonds. The number of aliphatic imine (C=N–C) groups is 1. The smallest absolute Gasteiger partial charge is 0.216 e. The van der Waals surface area contributed by atoms with Crippen molar-refractivity contribution < 1.29 is 8.83 Å². The first-order valence-electron chi connectivity index (χ1n) is 9.02. The van der Waals surface area contributed by atoms with Gasteiger partial charge in [-0.15, -0.1) is 24.0 Å². The molecule has 1 aromatic carbocycles. The average molecular weight is 495 g/mol. The first-order chi connectivity index (χ1) is 13.0. The molecular weight excluding hydrogens is 469 g/mol. The van der Waals surface area contributed by atoms with Crippen LogP contribution in [0.3, 0.4) is 0 Å². The van der Waals surface area contributed by atoms with Gasteiger partial charge in [0.15, 0.2) is 11.7 Å². The summed E-state index contributed by atoms with van der Waals surface area (Å²) in [6.45, 7) is 9.43. The number of aromatic nitrogens is 2. The molecule has 3 aromatic rings. The number of halogens is 1. The summed E-state index contributed by atoms with van der Waals surface area (Å²) in [5.74, 6) is 3.42. The van der Waals surface area contributed by atoms with Crippen LogP contribution >= 0.6 is 24.0 Å². The number of guanidine groups is 1. The van der Waals surface area contributed by atoms with Gasteiger partial charge in [0, 0.05) is 12.1 Å². The second-order valence-corrected chi connectivity index (χ2v) is 6.28. The molecule has 28 heavy (non-hydrogen) atoms. The summed E-state index contributed by atoms with van der Waals surface area (Å²) in [6.07, 6.45) is 1.74. The molecule has 2 heterocycles. The number of hydrogen-bond donors (Lipinski definition) is 2. The van der Waals surface area contributed by atoms with Gasteiger partial charge in [-0.2, -0.15) is 0 Å². The molecule has 7 nitrogen and oxygen atoms in total. The van der Waals surface area contributed by atoms with Gasteiger partial charge in [-0.05, 0) is 27.7 Å². The van der Waals surface area contributed by atoms with Gasteiger partial charge < -0.3 is 19.5 Å². The lowest BCUT2D eigenvalue weighted by Crippen LogP contribution is -2.36. The van der Waals surface area contributed by atoms with E-state index in [9.17, 15) is 0 Å². The minimum atomic E-state index is 0. The second-order valence-electron chi connectivity index (χ2n) is 6.28. The van der Waals surface area contributed by atoms with Crippen molar-refractivity contribution in [1.82, 2.24) is 20.6 Å². The van der Waals surface area contributed by atoms with Crippen LogP contribution in [0.25, 0.3) is 11.3 Å².